The molecule has 0 bridgehead atoms. The standard InChI is InChI=1S/C15H16N2OS/c16-11-4-5-13-10(8-11)3-6-14(13)17-15(18)9-12-2-1-7-19-12/h1-2,4-5,7-8,14H,3,6,9,16H2,(H,17,18). The summed E-state index contributed by atoms with van der Waals surface area (Å²) in [6.45, 7) is 0. The van der Waals surface area contributed by atoms with Crippen LogP contribution in [0.4, 0.5) is 5.69 Å². The van der Waals surface area contributed by atoms with Crippen LogP contribution < -0.4 is 11.1 Å². The number of hydrogen-bond acceptors (Lipinski definition) is 3. The summed E-state index contributed by atoms with van der Waals surface area (Å²) in [7, 11) is 0. The molecule has 0 fully saturated rings. The number of nitrogen functional groups attached to an aromatic ring is 1. The van der Waals surface area contributed by atoms with Crippen LogP contribution in [0.25, 0.3) is 0 Å². The number of fused-ring (bicyclic) bond motifs is 1. The van der Waals surface area contributed by atoms with Crippen molar-refractivity contribution in [3.05, 3.63) is 51.7 Å². The van der Waals surface area contributed by atoms with Crippen LogP contribution in [0.3, 0.4) is 0 Å². The average molecular weight is 272 g/mol. The van der Waals surface area contributed by atoms with E-state index in [2.05, 4.69) is 5.32 Å². The molecule has 0 aliphatic heterocycles. The SMILES string of the molecule is Nc1ccc2c(c1)CCC2NC(=O)Cc1cccs1. The van der Waals surface area contributed by atoms with Crippen molar-refractivity contribution in [2.45, 2.75) is 25.3 Å². The van der Waals surface area contributed by atoms with Crippen molar-refractivity contribution in [1.29, 1.82) is 0 Å². The van der Waals surface area contributed by atoms with Crippen molar-refractivity contribution < 1.29 is 4.79 Å². The summed E-state index contributed by atoms with van der Waals surface area (Å²) < 4.78 is 0. The number of benzene rings is 1. The van der Waals surface area contributed by atoms with Crippen molar-refractivity contribution in [1.82, 2.24) is 5.32 Å². The predicted octanol–water partition coefficient (Wildman–Crippen LogP) is 2.68. The van der Waals surface area contributed by atoms with Crippen LogP contribution in [0.2, 0.25) is 0 Å². The molecule has 1 atom stereocenters. The third kappa shape index (κ3) is 2.63. The van der Waals surface area contributed by atoms with Gasteiger partial charge < -0.3 is 11.1 Å². The first kappa shape index (κ1) is 12.2. The maximum atomic E-state index is 12.0. The fraction of sp³-hybridized carbons (Fsp3) is 0.267. The largest absolute Gasteiger partial charge is 0.399 e. The van der Waals surface area contributed by atoms with Crippen molar-refractivity contribution in [2.75, 3.05) is 5.73 Å². The number of carbonyl (C=O) groups is 1. The minimum atomic E-state index is 0.0946. The molecule has 98 valence electrons. The smallest absolute Gasteiger partial charge is 0.225 e. The molecule has 1 aliphatic rings. The van der Waals surface area contributed by atoms with Crippen molar-refractivity contribution in [2.24, 2.45) is 0 Å². The molecule has 1 aromatic carbocycles. The van der Waals surface area contributed by atoms with E-state index in [1.807, 2.05) is 35.7 Å². The third-order valence-electron chi connectivity index (χ3n) is 3.49. The fourth-order valence-electron chi connectivity index (χ4n) is 2.60. The van der Waals surface area contributed by atoms with Gasteiger partial charge in [0.2, 0.25) is 5.91 Å². The number of thiophene rings is 1. The minimum Gasteiger partial charge on any atom is -0.399 e. The first-order valence-corrected chi connectivity index (χ1v) is 7.30. The number of hydrogen-bond donors (Lipinski definition) is 2. The van der Waals surface area contributed by atoms with Gasteiger partial charge in [0, 0.05) is 10.6 Å². The maximum absolute atomic E-state index is 12.0. The molecule has 19 heavy (non-hydrogen) atoms. The normalized spacial score (nSPS) is 17.2. The summed E-state index contributed by atoms with van der Waals surface area (Å²) in [6.07, 6.45) is 2.43. The second-order valence-corrected chi connectivity index (χ2v) is 5.91. The van der Waals surface area contributed by atoms with Gasteiger partial charge in [0.25, 0.3) is 0 Å². The molecule has 1 aromatic heterocycles. The molecule has 2 aromatic rings. The van der Waals surface area contributed by atoms with Crippen molar-refractivity contribution >= 4 is 22.9 Å². The highest BCUT2D eigenvalue weighted by Gasteiger charge is 2.23. The molecule has 0 saturated heterocycles. The minimum absolute atomic E-state index is 0.0946. The van der Waals surface area contributed by atoms with Gasteiger partial charge >= 0.3 is 0 Å². The fourth-order valence-corrected chi connectivity index (χ4v) is 3.31. The number of anilines is 1. The van der Waals surface area contributed by atoms with Gasteiger partial charge in [-0.05, 0) is 47.5 Å². The summed E-state index contributed by atoms with van der Waals surface area (Å²) in [5.74, 6) is 0.0946. The van der Waals surface area contributed by atoms with Crippen LogP contribution in [0.1, 0.15) is 28.5 Å². The molecular formula is C15H16N2OS. The Morgan fingerprint density at radius 1 is 1.42 bits per heavy atom. The Kier molecular flexibility index (Phi) is 3.25. The quantitative estimate of drug-likeness (QED) is 0.844. The number of aryl methyl sites for hydroxylation is 1. The van der Waals surface area contributed by atoms with Gasteiger partial charge in [0.1, 0.15) is 0 Å². The Balaban J connectivity index is 1.67. The first-order chi connectivity index (χ1) is 9.22. The first-order valence-electron chi connectivity index (χ1n) is 6.42. The van der Waals surface area contributed by atoms with E-state index >= 15 is 0 Å². The summed E-state index contributed by atoms with van der Waals surface area (Å²) in [4.78, 5) is 13.1. The van der Waals surface area contributed by atoms with Gasteiger partial charge in [-0.2, -0.15) is 0 Å². The lowest BCUT2D eigenvalue weighted by Gasteiger charge is -2.14. The number of nitrogens with two attached hydrogens (primary N) is 1. The molecule has 1 unspecified atom stereocenters. The molecule has 0 spiro atoms. The van der Waals surface area contributed by atoms with Gasteiger partial charge in [0.05, 0.1) is 12.5 Å². The van der Waals surface area contributed by atoms with Gasteiger partial charge in [0.15, 0.2) is 0 Å². The molecule has 1 heterocycles. The lowest BCUT2D eigenvalue weighted by Crippen LogP contribution is -2.28. The lowest BCUT2D eigenvalue weighted by atomic mass is 10.1. The zero-order valence-corrected chi connectivity index (χ0v) is 11.4. The number of amides is 1. The van der Waals surface area contributed by atoms with Crippen molar-refractivity contribution in [3.8, 4) is 0 Å². The van der Waals surface area contributed by atoms with Crippen LogP contribution in [0.5, 0.6) is 0 Å². The van der Waals surface area contributed by atoms with E-state index in [9.17, 15) is 4.79 Å². The zero-order valence-electron chi connectivity index (χ0n) is 10.6. The molecule has 4 heteroatoms. The lowest BCUT2D eigenvalue weighted by molar-refractivity contribution is -0.121. The molecule has 1 amide bonds. The topological polar surface area (TPSA) is 55.1 Å². The Bertz CT molecular complexity index is 592. The zero-order chi connectivity index (χ0) is 13.2. The third-order valence-corrected chi connectivity index (χ3v) is 4.37. The van der Waals surface area contributed by atoms with Gasteiger partial charge in [-0.1, -0.05) is 12.1 Å². The van der Waals surface area contributed by atoms with Crippen molar-refractivity contribution in [3.63, 3.8) is 0 Å². The summed E-state index contributed by atoms with van der Waals surface area (Å²) in [5, 5.41) is 5.12. The van der Waals surface area contributed by atoms with Gasteiger partial charge in [-0.15, -0.1) is 11.3 Å². The van der Waals surface area contributed by atoms with E-state index in [0.717, 1.165) is 23.4 Å². The molecule has 0 radical (unpaired) electrons. The van der Waals surface area contributed by atoms with E-state index in [4.69, 9.17) is 5.73 Å². The van der Waals surface area contributed by atoms with Crippen LogP contribution >= 0.6 is 11.3 Å². The van der Waals surface area contributed by atoms with E-state index in [1.165, 1.54) is 11.1 Å². The molecule has 3 nitrogen and oxygen atoms in total. The molecule has 3 N–H and O–H groups in total. The summed E-state index contributed by atoms with van der Waals surface area (Å²) >= 11 is 1.62. The number of rotatable bonds is 3. The number of carbonyl (C=O) groups excluding carboxylic acids is 1. The summed E-state index contributed by atoms with van der Waals surface area (Å²) in [5.41, 5.74) is 9.06. The van der Waals surface area contributed by atoms with E-state index < -0.39 is 0 Å². The van der Waals surface area contributed by atoms with Crippen LogP contribution in [-0.2, 0) is 17.6 Å². The molecular weight excluding hydrogens is 256 g/mol. The monoisotopic (exact) mass is 272 g/mol. The maximum Gasteiger partial charge on any atom is 0.225 e. The Morgan fingerprint density at radius 3 is 3.11 bits per heavy atom. The average Bonchev–Trinajstić information content (AvgIpc) is 2.99. The predicted molar refractivity (Wildman–Crippen MR) is 78.1 cm³/mol. The van der Waals surface area contributed by atoms with E-state index in [1.54, 1.807) is 11.3 Å². The van der Waals surface area contributed by atoms with Gasteiger partial charge in [-0.3, -0.25) is 4.79 Å². The Hall–Kier alpha value is -1.81. The highest BCUT2D eigenvalue weighted by molar-refractivity contribution is 7.10. The van der Waals surface area contributed by atoms with Gasteiger partial charge in [-0.25, -0.2) is 0 Å². The van der Waals surface area contributed by atoms with E-state index in [-0.39, 0.29) is 11.9 Å². The second kappa shape index (κ2) is 5.05. The summed E-state index contributed by atoms with van der Waals surface area (Å²) in [6, 6.07) is 10.1. The van der Waals surface area contributed by atoms with Crippen LogP contribution in [0.15, 0.2) is 35.7 Å². The molecule has 3 rings (SSSR count). The van der Waals surface area contributed by atoms with Crippen LogP contribution in [0, 0.1) is 0 Å². The molecule has 0 saturated carbocycles. The second-order valence-electron chi connectivity index (χ2n) is 4.87. The van der Waals surface area contributed by atoms with E-state index in [0.29, 0.717) is 6.42 Å². The number of nitrogens with one attached hydrogen (secondary N) is 1. The highest BCUT2D eigenvalue weighted by Crippen LogP contribution is 2.32. The molecule has 1 aliphatic carbocycles. The van der Waals surface area contributed by atoms with Crippen LogP contribution in [-0.4, -0.2) is 5.91 Å². The Morgan fingerprint density at radius 2 is 2.32 bits per heavy atom. The highest BCUT2D eigenvalue weighted by atomic mass is 32.1. The Labute approximate surface area is 116 Å².